The van der Waals surface area contributed by atoms with E-state index in [9.17, 15) is 14.7 Å². The zero-order chi connectivity index (χ0) is 23.4. The van der Waals surface area contributed by atoms with Crippen LogP contribution in [-0.2, 0) is 17.6 Å². The van der Waals surface area contributed by atoms with Crippen molar-refractivity contribution in [3.63, 3.8) is 0 Å². The summed E-state index contributed by atoms with van der Waals surface area (Å²) in [6, 6.07) is 9.25. The molecule has 2 N–H and O–H groups in total. The van der Waals surface area contributed by atoms with Gasteiger partial charge < -0.3 is 15.2 Å². The van der Waals surface area contributed by atoms with Gasteiger partial charge in [0.15, 0.2) is 0 Å². The normalized spacial score (nSPS) is 16.9. The van der Waals surface area contributed by atoms with Crippen molar-refractivity contribution in [3.8, 4) is 5.75 Å². The van der Waals surface area contributed by atoms with Crippen molar-refractivity contribution in [2.24, 2.45) is 5.41 Å². The summed E-state index contributed by atoms with van der Waals surface area (Å²) in [5.74, 6) is -0.893. The SMILES string of the molecule is CCc1ncc(C(=O)NC2(C(=O)O)CCC(C)(C)CC2)cc1OCCc1cccc(Cl)c1. The van der Waals surface area contributed by atoms with Crippen LogP contribution < -0.4 is 10.1 Å². The molecule has 1 amide bonds. The molecule has 3 rings (SSSR count). The molecule has 0 aliphatic heterocycles. The number of halogens is 1. The summed E-state index contributed by atoms with van der Waals surface area (Å²) >= 11 is 6.04. The van der Waals surface area contributed by atoms with Gasteiger partial charge >= 0.3 is 5.97 Å². The lowest BCUT2D eigenvalue weighted by molar-refractivity contribution is -0.146. The average molecular weight is 459 g/mol. The van der Waals surface area contributed by atoms with Gasteiger partial charge in [0.2, 0.25) is 0 Å². The van der Waals surface area contributed by atoms with Crippen LogP contribution in [-0.4, -0.2) is 34.1 Å². The number of aliphatic carboxylic acids is 1. The molecule has 1 aromatic heterocycles. The molecule has 0 unspecified atom stereocenters. The van der Waals surface area contributed by atoms with Gasteiger partial charge in [0.05, 0.1) is 17.9 Å². The van der Waals surface area contributed by atoms with Gasteiger partial charge in [-0.2, -0.15) is 0 Å². The molecule has 6 nitrogen and oxygen atoms in total. The molecule has 1 fully saturated rings. The van der Waals surface area contributed by atoms with Crippen LogP contribution in [0.2, 0.25) is 5.02 Å². The molecule has 0 atom stereocenters. The quantitative estimate of drug-likeness (QED) is 0.576. The van der Waals surface area contributed by atoms with E-state index in [0.717, 1.165) is 24.1 Å². The van der Waals surface area contributed by atoms with Crippen molar-refractivity contribution in [1.29, 1.82) is 0 Å². The second kappa shape index (κ2) is 9.90. The summed E-state index contributed by atoms with van der Waals surface area (Å²) in [5, 5.41) is 13.3. The summed E-state index contributed by atoms with van der Waals surface area (Å²) < 4.78 is 5.95. The van der Waals surface area contributed by atoms with Crippen LogP contribution in [0.15, 0.2) is 36.5 Å². The fraction of sp³-hybridized carbons (Fsp3) is 0.480. The Labute approximate surface area is 194 Å². The molecule has 1 aromatic carbocycles. The maximum Gasteiger partial charge on any atom is 0.329 e. The second-order valence-corrected chi connectivity index (χ2v) is 9.69. The largest absolute Gasteiger partial charge is 0.491 e. The van der Waals surface area contributed by atoms with Crippen LogP contribution in [0.5, 0.6) is 5.75 Å². The van der Waals surface area contributed by atoms with Crippen LogP contribution in [0.3, 0.4) is 0 Å². The number of pyridine rings is 1. The smallest absolute Gasteiger partial charge is 0.329 e. The zero-order valence-electron chi connectivity index (χ0n) is 18.9. The topological polar surface area (TPSA) is 88.5 Å². The van der Waals surface area contributed by atoms with Crippen molar-refractivity contribution < 1.29 is 19.4 Å². The molecule has 1 aliphatic carbocycles. The number of rotatable bonds is 8. The number of ether oxygens (including phenoxy) is 1. The predicted octanol–water partition coefficient (Wildman–Crippen LogP) is 5.07. The standard InChI is InChI=1S/C25H31ClN2O4/c1-4-20-21(32-13-8-17-6-5-7-19(26)14-17)15-18(16-27-20)22(29)28-25(23(30)31)11-9-24(2,3)10-12-25/h5-7,14-16H,4,8-13H2,1-3H3,(H,28,29)(H,30,31). The lowest BCUT2D eigenvalue weighted by Crippen LogP contribution is -2.57. The van der Waals surface area contributed by atoms with E-state index in [2.05, 4.69) is 24.1 Å². The number of nitrogens with zero attached hydrogens (tertiary/aromatic N) is 1. The lowest BCUT2D eigenvalue weighted by Gasteiger charge is -2.41. The van der Waals surface area contributed by atoms with Gasteiger partial charge in [-0.15, -0.1) is 0 Å². The number of aryl methyl sites for hydroxylation is 1. The van der Waals surface area contributed by atoms with Crippen molar-refractivity contribution in [2.45, 2.75) is 64.8 Å². The highest BCUT2D eigenvalue weighted by molar-refractivity contribution is 6.30. The molecule has 1 aliphatic rings. The maximum absolute atomic E-state index is 13.0. The third kappa shape index (κ3) is 5.80. The first-order chi connectivity index (χ1) is 15.1. The number of amides is 1. The van der Waals surface area contributed by atoms with Gasteiger partial charge in [0.25, 0.3) is 5.91 Å². The third-order valence-corrected chi connectivity index (χ3v) is 6.52. The van der Waals surface area contributed by atoms with E-state index in [4.69, 9.17) is 16.3 Å². The molecule has 2 aromatic rings. The van der Waals surface area contributed by atoms with Gasteiger partial charge in [-0.1, -0.05) is 44.5 Å². The highest BCUT2D eigenvalue weighted by Gasteiger charge is 2.45. The molecule has 0 radical (unpaired) electrons. The van der Waals surface area contributed by atoms with Crippen molar-refractivity contribution in [2.75, 3.05) is 6.61 Å². The van der Waals surface area contributed by atoms with E-state index in [0.29, 0.717) is 48.6 Å². The first kappa shape index (κ1) is 24.1. The Bertz CT molecular complexity index is 980. The van der Waals surface area contributed by atoms with E-state index in [-0.39, 0.29) is 5.41 Å². The third-order valence-electron chi connectivity index (χ3n) is 6.28. The van der Waals surface area contributed by atoms with E-state index in [1.165, 1.54) is 6.20 Å². The summed E-state index contributed by atoms with van der Waals surface area (Å²) in [6.45, 7) is 6.63. The predicted molar refractivity (Wildman–Crippen MR) is 124 cm³/mol. The molecule has 172 valence electrons. The number of aromatic nitrogens is 1. The van der Waals surface area contributed by atoms with Gasteiger partial charge in [-0.3, -0.25) is 9.78 Å². The monoisotopic (exact) mass is 458 g/mol. The Hall–Kier alpha value is -2.60. The molecule has 7 heteroatoms. The fourth-order valence-electron chi connectivity index (χ4n) is 3.99. The highest BCUT2D eigenvalue weighted by Crippen LogP contribution is 2.40. The number of carboxylic acids is 1. The number of hydrogen-bond acceptors (Lipinski definition) is 4. The first-order valence-corrected chi connectivity index (χ1v) is 11.4. The van der Waals surface area contributed by atoms with Gasteiger partial charge in [-0.25, -0.2) is 4.79 Å². The molecule has 1 heterocycles. The number of hydrogen-bond donors (Lipinski definition) is 2. The van der Waals surface area contributed by atoms with E-state index < -0.39 is 17.4 Å². The highest BCUT2D eigenvalue weighted by atomic mass is 35.5. The Balaban J connectivity index is 1.71. The summed E-state index contributed by atoms with van der Waals surface area (Å²) in [6.07, 6.45) is 5.10. The van der Waals surface area contributed by atoms with Gasteiger partial charge in [0, 0.05) is 17.6 Å². The minimum atomic E-state index is -1.25. The summed E-state index contributed by atoms with van der Waals surface area (Å²) in [4.78, 5) is 29.4. The van der Waals surface area contributed by atoms with Crippen molar-refractivity contribution >= 4 is 23.5 Å². The van der Waals surface area contributed by atoms with Crippen LogP contribution in [0.1, 0.15) is 68.1 Å². The maximum atomic E-state index is 13.0. The second-order valence-electron chi connectivity index (χ2n) is 9.26. The molecule has 1 saturated carbocycles. The minimum absolute atomic E-state index is 0.0813. The first-order valence-electron chi connectivity index (χ1n) is 11.1. The molecule has 0 saturated heterocycles. The lowest BCUT2D eigenvalue weighted by atomic mass is 9.69. The van der Waals surface area contributed by atoms with Gasteiger partial charge in [0.1, 0.15) is 11.3 Å². The number of carbonyl (C=O) groups is 2. The van der Waals surface area contributed by atoms with Crippen molar-refractivity contribution in [3.05, 3.63) is 58.4 Å². The number of carboxylic acid groups (broad SMARTS) is 1. The van der Waals surface area contributed by atoms with Gasteiger partial charge in [-0.05, 0) is 61.3 Å². The Morgan fingerprint density at radius 1 is 1.19 bits per heavy atom. The van der Waals surface area contributed by atoms with Crippen LogP contribution in [0.4, 0.5) is 0 Å². The minimum Gasteiger partial charge on any atom is -0.491 e. The van der Waals surface area contributed by atoms with E-state index in [1.807, 2.05) is 31.2 Å². The van der Waals surface area contributed by atoms with Crippen LogP contribution in [0.25, 0.3) is 0 Å². The number of nitrogens with one attached hydrogen (secondary N) is 1. The number of benzene rings is 1. The molecule has 0 bridgehead atoms. The average Bonchev–Trinajstić information content (AvgIpc) is 2.75. The Morgan fingerprint density at radius 3 is 2.53 bits per heavy atom. The zero-order valence-corrected chi connectivity index (χ0v) is 19.7. The van der Waals surface area contributed by atoms with Crippen LogP contribution >= 0.6 is 11.6 Å². The fourth-order valence-corrected chi connectivity index (χ4v) is 4.21. The summed E-state index contributed by atoms with van der Waals surface area (Å²) in [5.41, 5.74) is 0.938. The molecule has 0 spiro atoms. The molecular formula is C25H31ClN2O4. The van der Waals surface area contributed by atoms with E-state index >= 15 is 0 Å². The van der Waals surface area contributed by atoms with Crippen LogP contribution in [0, 0.1) is 5.41 Å². The van der Waals surface area contributed by atoms with Crippen molar-refractivity contribution in [1.82, 2.24) is 10.3 Å². The molecular weight excluding hydrogens is 428 g/mol. The number of carbonyl (C=O) groups excluding carboxylic acids is 1. The summed E-state index contributed by atoms with van der Waals surface area (Å²) in [7, 11) is 0. The Morgan fingerprint density at radius 2 is 1.91 bits per heavy atom. The van der Waals surface area contributed by atoms with E-state index in [1.54, 1.807) is 6.07 Å². The molecule has 32 heavy (non-hydrogen) atoms. The Kier molecular flexibility index (Phi) is 7.44.